The van der Waals surface area contributed by atoms with Gasteiger partial charge in [0.25, 0.3) is 0 Å². The van der Waals surface area contributed by atoms with Crippen molar-refractivity contribution < 1.29 is 4.79 Å². The quantitative estimate of drug-likeness (QED) is 0.832. The SMILES string of the molecule is CCC(Br)CCNC(=O)C1Cc2ccccc2C1. The molecule has 0 radical (unpaired) electrons. The highest BCUT2D eigenvalue weighted by molar-refractivity contribution is 9.09. The normalized spacial score (nSPS) is 16.3. The lowest BCUT2D eigenvalue weighted by Gasteiger charge is -2.12. The van der Waals surface area contributed by atoms with Crippen molar-refractivity contribution in [2.45, 2.75) is 37.4 Å². The molecule has 0 aliphatic heterocycles. The highest BCUT2D eigenvalue weighted by atomic mass is 79.9. The van der Waals surface area contributed by atoms with Crippen LogP contribution in [-0.2, 0) is 17.6 Å². The summed E-state index contributed by atoms with van der Waals surface area (Å²) in [5.41, 5.74) is 2.68. The number of carbonyl (C=O) groups excluding carboxylic acids is 1. The number of nitrogens with one attached hydrogen (secondary N) is 1. The van der Waals surface area contributed by atoms with Crippen LogP contribution in [0.3, 0.4) is 0 Å². The predicted octanol–water partition coefficient (Wildman–Crippen LogP) is 3.08. The second-order valence-corrected chi connectivity index (χ2v) is 6.25. The van der Waals surface area contributed by atoms with Gasteiger partial charge in [-0.15, -0.1) is 0 Å². The van der Waals surface area contributed by atoms with Crippen LogP contribution in [0.1, 0.15) is 30.9 Å². The van der Waals surface area contributed by atoms with Crippen LogP contribution in [0.15, 0.2) is 24.3 Å². The van der Waals surface area contributed by atoms with Crippen molar-refractivity contribution in [2.24, 2.45) is 5.92 Å². The van der Waals surface area contributed by atoms with E-state index in [0.717, 1.165) is 32.2 Å². The highest BCUT2D eigenvalue weighted by Crippen LogP contribution is 2.26. The lowest BCUT2D eigenvalue weighted by molar-refractivity contribution is -0.124. The Morgan fingerprint density at radius 3 is 2.56 bits per heavy atom. The van der Waals surface area contributed by atoms with Crippen LogP contribution in [0, 0.1) is 5.92 Å². The molecule has 0 saturated heterocycles. The van der Waals surface area contributed by atoms with Crippen molar-refractivity contribution in [1.29, 1.82) is 0 Å². The number of benzene rings is 1. The smallest absolute Gasteiger partial charge is 0.223 e. The zero-order valence-electron chi connectivity index (χ0n) is 10.8. The van der Waals surface area contributed by atoms with Gasteiger partial charge < -0.3 is 5.32 Å². The van der Waals surface area contributed by atoms with Gasteiger partial charge >= 0.3 is 0 Å². The summed E-state index contributed by atoms with van der Waals surface area (Å²) >= 11 is 3.58. The van der Waals surface area contributed by atoms with Crippen molar-refractivity contribution in [1.82, 2.24) is 5.32 Å². The second-order valence-electron chi connectivity index (χ2n) is 4.96. The van der Waals surface area contributed by atoms with Gasteiger partial charge in [-0.05, 0) is 36.8 Å². The van der Waals surface area contributed by atoms with E-state index in [1.807, 2.05) is 0 Å². The van der Waals surface area contributed by atoms with Crippen molar-refractivity contribution in [3.8, 4) is 0 Å². The first-order valence-corrected chi connectivity index (χ1v) is 7.60. The minimum atomic E-state index is 0.137. The molecule has 1 amide bonds. The Labute approximate surface area is 117 Å². The minimum absolute atomic E-state index is 0.137. The van der Waals surface area contributed by atoms with Gasteiger partial charge in [0, 0.05) is 17.3 Å². The van der Waals surface area contributed by atoms with Gasteiger partial charge in [0.15, 0.2) is 0 Å². The van der Waals surface area contributed by atoms with Gasteiger partial charge in [-0.3, -0.25) is 4.79 Å². The number of fused-ring (bicyclic) bond motifs is 1. The Balaban J connectivity index is 1.79. The fraction of sp³-hybridized carbons (Fsp3) is 0.533. The molecule has 0 heterocycles. The molecule has 1 aliphatic carbocycles. The third kappa shape index (κ3) is 3.35. The molecule has 3 heteroatoms. The van der Waals surface area contributed by atoms with E-state index in [1.165, 1.54) is 11.1 Å². The van der Waals surface area contributed by atoms with E-state index in [0.29, 0.717) is 4.83 Å². The van der Waals surface area contributed by atoms with E-state index in [9.17, 15) is 4.79 Å². The monoisotopic (exact) mass is 309 g/mol. The third-order valence-electron chi connectivity index (χ3n) is 3.62. The average molecular weight is 310 g/mol. The number of halogens is 1. The summed E-state index contributed by atoms with van der Waals surface area (Å²) in [4.78, 5) is 12.6. The minimum Gasteiger partial charge on any atom is -0.356 e. The molecule has 0 fully saturated rings. The molecule has 1 unspecified atom stereocenters. The fourth-order valence-electron chi connectivity index (χ4n) is 2.44. The lowest BCUT2D eigenvalue weighted by atomic mass is 10.1. The Bertz CT molecular complexity index is 394. The maximum atomic E-state index is 12.1. The van der Waals surface area contributed by atoms with E-state index in [4.69, 9.17) is 0 Å². The molecule has 2 nitrogen and oxygen atoms in total. The summed E-state index contributed by atoms with van der Waals surface area (Å²) < 4.78 is 0. The van der Waals surface area contributed by atoms with E-state index in [2.05, 4.69) is 52.4 Å². The maximum absolute atomic E-state index is 12.1. The Morgan fingerprint density at radius 1 is 1.39 bits per heavy atom. The average Bonchev–Trinajstić information content (AvgIpc) is 2.82. The first-order chi connectivity index (χ1) is 8.70. The van der Waals surface area contributed by atoms with Gasteiger partial charge in [0.2, 0.25) is 5.91 Å². The largest absolute Gasteiger partial charge is 0.356 e. The molecule has 1 atom stereocenters. The number of amides is 1. The topological polar surface area (TPSA) is 29.1 Å². The van der Waals surface area contributed by atoms with Crippen LogP contribution in [0.4, 0.5) is 0 Å². The van der Waals surface area contributed by atoms with Gasteiger partial charge in [-0.2, -0.15) is 0 Å². The second kappa shape index (κ2) is 6.37. The van der Waals surface area contributed by atoms with E-state index in [-0.39, 0.29) is 11.8 Å². The molecule has 1 aliphatic rings. The first-order valence-electron chi connectivity index (χ1n) is 6.69. The molecule has 1 aromatic rings. The first kappa shape index (κ1) is 13.6. The number of alkyl halides is 1. The maximum Gasteiger partial charge on any atom is 0.223 e. The molecule has 0 spiro atoms. The van der Waals surface area contributed by atoms with E-state index < -0.39 is 0 Å². The van der Waals surface area contributed by atoms with Crippen molar-refractivity contribution in [3.63, 3.8) is 0 Å². The molecule has 1 aromatic carbocycles. The zero-order valence-corrected chi connectivity index (χ0v) is 12.4. The van der Waals surface area contributed by atoms with E-state index >= 15 is 0 Å². The summed E-state index contributed by atoms with van der Waals surface area (Å²) in [7, 11) is 0. The number of rotatable bonds is 5. The number of carbonyl (C=O) groups is 1. The standard InChI is InChI=1S/C15H20BrNO/c1-2-14(16)7-8-17-15(18)13-9-11-5-3-4-6-12(11)10-13/h3-6,13-14H,2,7-10H2,1H3,(H,17,18). The molecule has 18 heavy (non-hydrogen) atoms. The van der Waals surface area contributed by atoms with Crippen molar-refractivity contribution in [2.75, 3.05) is 6.54 Å². The predicted molar refractivity (Wildman–Crippen MR) is 78.0 cm³/mol. The van der Waals surface area contributed by atoms with Crippen LogP contribution in [-0.4, -0.2) is 17.3 Å². The molecular weight excluding hydrogens is 290 g/mol. The van der Waals surface area contributed by atoms with Crippen LogP contribution in [0.25, 0.3) is 0 Å². The third-order valence-corrected chi connectivity index (χ3v) is 4.73. The Hall–Kier alpha value is -0.830. The molecular formula is C15H20BrNO. The lowest BCUT2D eigenvalue weighted by Crippen LogP contribution is -2.32. The summed E-state index contributed by atoms with van der Waals surface area (Å²) in [5, 5.41) is 3.06. The van der Waals surface area contributed by atoms with Crippen LogP contribution < -0.4 is 5.32 Å². The summed E-state index contributed by atoms with van der Waals surface area (Å²) in [5.74, 6) is 0.347. The van der Waals surface area contributed by atoms with Gasteiger partial charge in [0.05, 0.1) is 0 Å². The summed E-state index contributed by atoms with van der Waals surface area (Å²) in [6.45, 7) is 2.92. The van der Waals surface area contributed by atoms with Gasteiger partial charge in [-0.1, -0.05) is 47.1 Å². The highest BCUT2D eigenvalue weighted by Gasteiger charge is 2.26. The Morgan fingerprint density at radius 2 is 2.00 bits per heavy atom. The number of hydrogen-bond donors (Lipinski definition) is 1. The zero-order chi connectivity index (χ0) is 13.0. The molecule has 0 aromatic heterocycles. The summed E-state index contributed by atoms with van der Waals surface area (Å²) in [6.07, 6.45) is 3.90. The summed E-state index contributed by atoms with van der Waals surface area (Å²) in [6, 6.07) is 8.37. The molecule has 0 saturated carbocycles. The van der Waals surface area contributed by atoms with Gasteiger partial charge in [0.1, 0.15) is 0 Å². The Kier molecular flexibility index (Phi) is 4.81. The fourth-order valence-corrected chi connectivity index (χ4v) is 2.67. The van der Waals surface area contributed by atoms with Crippen LogP contribution in [0.5, 0.6) is 0 Å². The van der Waals surface area contributed by atoms with Crippen molar-refractivity contribution in [3.05, 3.63) is 35.4 Å². The van der Waals surface area contributed by atoms with E-state index in [1.54, 1.807) is 0 Å². The van der Waals surface area contributed by atoms with Crippen LogP contribution in [0.2, 0.25) is 0 Å². The van der Waals surface area contributed by atoms with Crippen molar-refractivity contribution >= 4 is 21.8 Å². The number of hydrogen-bond acceptors (Lipinski definition) is 1. The van der Waals surface area contributed by atoms with Gasteiger partial charge in [-0.25, -0.2) is 0 Å². The molecule has 98 valence electrons. The molecule has 2 rings (SSSR count). The molecule has 1 N–H and O–H groups in total. The van der Waals surface area contributed by atoms with Crippen LogP contribution >= 0.6 is 15.9 Å². The molecule has 0 bridgehead atoms.